The van der Waals surface area contributed by atoms with E-state index in [0.717, 1.165) is 17.7 Å². The minimum Gasteiger partial charge on any atom is -0.489 e. The van der Waals surface area contributed by atoms with Gasteiger partial charge in [0, 0.05) is 22.7 Å². The van der Waals surface area contributed by atoms with E-state index in [-0.39, 0.29) is 12.0 Å². The largest absolute Gasteiger partial charge is 0.489 e. The quantitative estimate of drug-likeness (QED) is 0.922. The summed E-state index contributed by atoms with van der Waals surface area (Å²) < 4.78 is 5.74. The number of aryl methyl sites for hydroxylation is 1. The zero-order valence-corrected chi connectivity index (χ0v) is 12.6. The van der Waals surface area contributed by atoms with Gasteiger partial charge in [0.05, 0.1) is 5.56 Å². The van der Waals surface area contributed by atoms with Crippen molar-refractivity contribution in [2.24, 2.45) is 0 Å². The van der Waals surface area contributed by atoms with Crippen molar-refractivity contribution in [3.63, 3.8) is 0 Å². The molecule has 0 fully saturated rings. The van der Waals surface area contributed by atoms with Gasteiger partial charge in [-0.2, -0.15) is 0 Å². The van der Waals surface area contributed by atoms with Crippen LogP contribution in [0.4, 0.5) is 5.82 Å². The first-order valence-corrected chi connectivity index (χ1v) is 7.15. The Morgan fingerprint density at radius 2 is 2.24 bits per heavy atom. The maximum atomic E-state index is 12.5. The van der Waals surface area contributed by atoms with Gasteiger partial charge in [0.15, 0.2) is 0 Å². The van der Waals surface area contributed by atoms with E-state index in [1.807, 2.05) is 32.0 Å². The molecule has 2 heterocycles. The van der Waals surface area contributed by atoms with E-state index in [2.05, 4.69) is 10.3 Å². The van der Waals surface area contributed by atoms with Crippen LogP contribution in [0.3, 0.4) is 0 Å². The summed E-state index contributed by atoms with van der Waals surface area (Å²) in [6, 6.07) is 8.95. The van der Waals surface area contributed by atoms with Gasteiger partial charge in [-0.15, -0.1) is 0 Å². The van der Waals surface area contributed by atoms with E-state index in [1.165, 1.54) is 0 Å². The van der Waals surface area contributed by atoms with Crippen molar-refractivity contribution < 1.29 is 9.53 Å². The second-order valence-corrected chi connectivity index (χ2v) is 5.63. The fraction of sp³-hybridized carbons (Fsp3) is 0.250. The molecular weight excluding hydrogens is 288 g/mol. The second kappa shape index (κ2) is 5.37. The molecule has 1 aromatic carbocycles. The average Bonchev–Trinajstić information content (AvgIpc) is 2.77. The third-order valence-corrected chi connectivity index (χ3v) is 3.55. The summed E-state index contributed by atoms with van der Waals surface area (Å²) in [5, 5.41) is 3.32. The number of carbonyl (C=O) groups is 1. The molecule has 0 radical (unpaired) electrons. The van der Waals surface area contributed by atoms with E-state index in [4.69, 9.17) is 16.3 Å². The van der Waals surface area contributed by atoms with Crippen molar-refractivity contribution in [1.82, 2.24) is 4.98 Å². The molecule has 0 bridgehead atoms. The van der Waals surface area contributed by atoms with Crippen molar-refractivity contribution in [2.75, 3.05) is 5.32 Å². The molecule has 0 saturated heterocycles. The number of ether oxygens (including phenoxy) is 1. The number of aromatic nitrogens is 1. The van der Waals surface area contributed by atoms with Crippen LogP contribution < -0.4 is 10.1 Å². The topological polar surface area (TPSA) is 51.2 Å². The Hall–Kier alpha value is -2.07. The number of halogens is 1. The number of carbonyl (C=O) groups excluding carboxylic acids is 1. The predicted molar refractivity (Wildman–Crippen MR) is 82.2 cm³/mol. The predicted octanol–water partition coefficient (Wildman–Crippen LogP) is 3.62. The molecule has 21 heavy (non-hydrogen) atoms. The minimum absolute atomic E-state index is 0.0575. The van der Waals surface area contributed by atoms with Crippen LogP contribution in [-0.4, -0.2) is 17.0 Å². The van der Waals surface area contributed by atoms with Crippen molar-refractivity contribution in [2.45, 2.75) is 26.4 Å². The van der Waals surface area contributed by atoms with E-state index < -0.39 is 0 Å². The van der Waals surface area contributed by atoms with Crippen LogP contribution in [0, 0.1) is 6.92 Å². The monoisotopic (exact) mass is 302 g/mol. The summed E-state index contributed by atoms with van der Waals surface area (Å²) >= 11 is 6.10. The first kappa shape index (κ1) is 13.9. The van der Waals surface area contributed by atoms with E-state index in [1.54, 1.807) is 12.1 Å². The first-order valence-electron chi connectivity index (χ1n) is 6.77. The second-order valence-electron chi connectivity index (χ2n) is 5.19. The highest BCUT2D eigenvalue weighted by Crippen LogP contribution is 2.35. The lowest BCUT2D eigenvalue weighted by atomic mass is 10.1. The molecule has 0 aliphatic carbocycles. The molecule has 0 saturated carbocycles. The maximum Gasteiger partial charge on any atom is 0.260 e. The highest BCUT2D eigenvalue weighted by atomic mass is 35.5. The van der Waals surface area contributed by atoms with Gasteiger partial charge in [0.2, 0.25) is 0 Å². The number of benzene rings is 1. The molecule has 0 unspecified atom stereocenters. The van der Waals surface area contributed by atoms with E-state index in [9.17, 15) is 4.79 Å². The number of amides is 1. The zero-order valence-electron chi connectivity index (χ0n) is 11.8. The van der Waals surface area contributed by atoms with Gasteiger partial charge in [-0.1, -0.05) is 17.7 Å². The van der Waals surface area contributed by atoms with Crippen molar-refractivity contribution in [1.29, 1.82) is 0 Å². The fourth-order valence-corrected chi connectivity index (χ4v) is 2.70. The van der Waals surface area contributed by atoms with Gasteiger partial charge < -0.3 is 10.1 Å². The Morgan fingerprint density at radius 3 is 3.00 bits per heavy atom. The van der Waals surface area contributed by atoms with Gasteiger partial charge in [0.25, 0.3) is 5.91 Å². The van der Waals surface area contributed by atoms with Crippen LogP contribution in [0.15, 0.2) is 30.3 Å². The fourth-order valence-electron chi connectivity index (χ4n) is 2.46. The molecule has 1 atom stereocenters. The molecule has 1 aliphatic rings. The number of nitrogens with zero attached hydrogens (tertiary/aromatic N) is 1. The number of fused-ring (bicyclic) bond motifs is 1. The van der Waals surface area contributed by atoms with Gasteiger partial charge in [-0.25, -0.2) is 4.98 Å². The summed E-state index contributed by atoms with van der Waals surface area (Å²) in [7, 11) is 0. The molecule has 3 rings (SSSR count). The lowest BCUT2D eigenvalue weighted by Crippen LogP contribution is -2.15. The van der Waals surface area contributed by atoms with Crippen LogP contribution in [0.5, 0.6) is 5.75 Å². The number of hydrogen-bond donors (Lipinski definition) is 1. The highest BCUT2D eigenvalue weighted by Gasteiger charge is 2.26. The minimum atomic E-state index is -0.263. The maximum absolute atomic E-state index is 12.5. The Kier molecular flexibility index (Phi) is 3.55. The lowest BCUT2D eigenvalue weighted by molar-refractivity contribution is 0.102. The summed E-state index contributed by atoms with van der Waals surface area (Å²) in [6.07, 6.45) is 0.820. The third kappa shape index (κ3) is 2.85. The van der Waals surface area contributed by atoms with Gasteiger partial charge in [0.1, 0.15) is 17.7 Å². The Balaban J connectivity index is 1.92. The number of rotatable bonds is 2. The van der Waals surface area contributed by atoms with E-state index >= 15 is 0 Å². The SMILES string of the molecule is Cc1cccc(NC(=O)c2cc(Cl)cc3c2O[C@@H](C)C3)n1. The van der Waals surface area contributed by atoms with Crippen molar-refractivity contribution in [3.8, 4) is 5.75 Å². The van der Waals surface area contributed by atoms with Crippen LogP contribution in [0.25, 0.3) is 0 Å². The standard InChI is InChI=1S/C16H15ClN2O2/c1-9-4-3-5-14(18-9)19-16(20)13-8-12(17)7-11-6-10(2)21-15(11)13/h3-5,7-8,10H,6H2,1-2H3,(H,18,19,20)/t10-/m0/s1. The number of anilines is 1. The van der Waals surface area contributed by atoms with Gasteiger partial charge in [-0.05, 0) is 38.1 Å². The smallest absolute Gasteiger partial charge is 0.260 e. The zero-order chi connectivity index (χ0) is 15.0. The third-order valence-electron chi connectivity index (χ3n) is 3.33. The summed E-state index contributed by atoms with van der Waals surface area (Å²) in [5.41, 5.74) is 2.26. The normalized spacial score (nSPS) is 16.2. The Labute approximate surface area is 128 Å². The molecule has 0 spiro atoms. The van der Waals surface area contributed by atoms with Crippen LogP contribution in [-0.2, 0) is 6.42 Å². The molecule has 1 aromatic heterocycles. The molecule has 1 N–H and O–H groups in total. The summed E-state index contributed by atoms with van der Waals surface area (Å²) in [5.74, 6) is 0.873. The molecule has 1 aliphatic heterocycles. The number of pyridine rings is 1. The first-order chi connectivity index (χ1) is 10.0. The average molecular weight is 303 g/mol. The Morgan fingerprint density at radius 1 is 1.43 bits per heavy atom. The molecule has 1 amide bonds. The number of hydrogen-bond acceptors (Lipinski definition) is 3. The molecular formula is C16H15ClN2O2. The molecule has 108 valence electrons. The van der Waals surface area contributed by atoms with Crippen LogP contribution in [0.2, 0.25) is 5.02 Å². The molecule has 4 nitrogen and oxygen atoms in total. The summed E-state index contributed by atoms with van der Waals surface area (Å²) in [4.78, 5) is 16.7. The number of nitrogens with one attached hydrogen (secondary N) is 1. The summed E-state index contributed by atoms with van der Waals surface area (Å²) in [6.45, 7) is 3.84. The highest BCUT2D eigenvalue weighted by molar-refractivity contribution is 6.31. The lowest BCUT2D eigenvalue weighted by Gasteiger charge is -2.10. The van der Waals surface area contributed by atoms with Crippen LogP contribution in [0.1, 0.15) is 28.5 Å². The van der Waals surface area contributed by atoms with E-state index in [0.29, 0.717) is 22.2 Å². The van der Waals surface area contributed by atoms with Gasteiger partial charge in [-0.3, -0.25) is 4.79 Å². The Bertz CT molecular complexity index is 715. The van der Waals surface area contributed by atoms with Crippen LogP contribution >= 0.6 is 11.6 Å². The van der Waals surface area contributed by atoms with Crippen molar-refractivity contribution >= 4 is 23.3 Å². The van der Waals surface area contributed by atoms with Gasteiger partial charge >= 0.3 is 0 Å². The molecule has 2 aromatic rings. The van der Waals surface area contributed by atoms with Crippen molar-refractivity contribution in [3.05, 3.63) is 52.2 Å². The molecule has 5 heteroatoms.